The van der Waals surface area contributed by atoms with Gasteiger partial charge in [-0.15, -0.1) is 0 Å². The first kappa shape index (κ1) is 27.9. The summed E-state index contributed by atoms with van der Waals surface area (Å²) in [7, 11) is 0. The number of phenolic OH excluding ortho intramolecular Hbond substituents is 1. The van der Waals surface area contributed by atoms with E-state index in [4.69, 9.17) is 4.84 Å². The molecule has 0 aliphatic heterocycles. The van der Waals surface area contributed by atoms with Gasteiger partial charge in [-0.05, 0) is 53.3 Å². The van der Waals surface area contributed by atoms with E-state index in [0.29, 0.717) is 24.3 Å². The molecule has 0 heterocycles. The zero-order valence-corrected chi connectivity index (χ0v) is 21.9. The van der Waals surface area contributed by atoms with Gasteiger partial charge in [-0.25, -0.2) is 5.06 Å². The first-order valence-corrected chi connectivity index (χ1v) is 13.4. The minimum absolute atomic E-state index is 0.0405. The number of hydrogen-bond acceptors (Lipinski definition) is 5. The molecule has 3 N–H and O–H groups in total. The summed E-state index contributed by atoms with van der Waals surface area (Å²) in [5.41, 5.74) is 2.96. The lowest BCUT2D eigenvalue weighted by molar-refractivity contribution is -0.182. The van der Waals surface area contributed by atoms with Crippen molar-refractivity contribution in [1.82, 2.24) is 15.7 Å². The molecule has 1 aliphatic carbocycles. The fourth-order valence-corrected chi connectivity index (χ4v) is 4.97. The van der Waals surface area contributed by atoms with Crippen LogP contribution in [0.15, 0.2) is 78.9 Å². The molecule has 1 fully saturated rings. The molecule has 39 heavy (non-hydrogen) atoms. The molecule has 0 spiro atoms. The zero-order chi connectivity index (χ0) is 27.5. The van der Waals surface area contributed by atoms with Crippen molar-refractivity contribution in [2.24, 2.45) is 11.8 Å². The van der Waals surface area contributed by atoms with Crippen LogP contribution in [-0.2, 0) is 21.0 Å². The van der Waals surface area contributed by atoms with Crippen molar-refractivity contribution in [2.45, 2.75) is 38.7 Å². The average molecular weight is 530 g/mol. The molecular weight excluding hydrogens is 494 g/mol. The highest BCUT2D eigenvalue weighted by Crippen LogP contribution is 2.31. The molecule has 1 aliphatic rings. The number of nitrogens with one attached hydrogen (secondary N) is 2. The lowest BCUT2D eigenvalue weighted by Crippen LogP contribution is -2.43. The van der Waals surface area contributed by atoms with Crippen molar-refractivity contribution < 1.29 is 24.3 Å². The van der Waals surface area contributed by atoms with Gasteiger partial charge in [0.1, 0.15) is 12.4 Å². The number of hydrogen-bond donors (Lipinski definition) is 3. The second kappa shape index (κ2) is 14.1. The average Bonchev–Trinajstić information content (AvgIpc) is 3.48. The van der Waals surface area contributed by atoms with Gasteiger partial charge in [-0.3, -0.25) is 19.2 Å². The summed E-state index contributed by atoms with van der Waals surface area (Å²) in [5.74, 6) is -0.440. The van der Waals surface area contributed by atoms with Crippen LogP contribution in [0.3, 0.4) is 0 Å². The monoisotopic (exact) mass is 529 g/mol. The highest BCUT2D eigenvalue weighted by molar-refractivity contribution is 5.95. The van der Waals surface area contributed by atoms with Gasteiger partial charge in [0.05, 0.1) is 19.1 Å². The summed E-state index contributed by atoms with van der Waals surface area (Å²) >= 11 is 0. The second-order valence-corrected chi connectivity index (χ2v) is 9.90. The minimum atomic E-state index is -0.458. The fraction of sp³-hybridized carbons (Fsp3) is 0.323. The molecule has 0 aromatic heterocycles. The Hall–Kier alpha value is -4.17. The predicted octanol–water partition coefficient (Wildman–Crippen LogP) is 4.65. The van der Waals surface area contributed by atoms with Crippen molar-refractivity contribution >= 4 is 18.2 Å². The molecule has 3 aromatic carbocycles. The summed E-state index contributed by atoms with van der Waals surface area (Å²) in [6.07, 6.45) is 5.71. The summed E-state index contributed by atoms with van der Waals surface area (Å²) in [6.45, 7) is 0.328. The Morgan fingerprint density at radius 3 is 2.38 bits per heavy atom. The van der Waals surface area contributed by atoms with E-state index in [0.717, 1.165) is 42.4 Å². The first-order valence-electron chi connectivity index (χ1n) is 13.4. The van der Waals surface area contributed by atoms with Crippen LogP contribution in [0, 0.1) is 11.8 Å². The maximum atomic E-state index is 13.2. The molecule has 0 unspecified atom stereocenters. The van der Waals surface area contributed by atoms with E-state index in [-0.39, 0.29) is 37.4 Å². The Kier molecular flexibility index (Phi) is 10.1. The van der Waals surface area contributed by atoms with Crippen molar-refractivity contribution in [3.8, 4) is 16.9 Å². The van der Waals surface area contributed by atoms with Gasteiger partial charge in [0.25, 0.3) is 5.91 Å². The number of hydroxylamine groups is 2. The summed E-state index contributed by atoms with van der Waals surface area (Å²) < 4.78 is 0. The number of amides is 3. The highest BCUT2D eigenvalue weighted by atomic mass is 16.7. The van der Waals surface area contributed by atoms with Crippen LogP contribution >= 0.6 is 0 Å². The standard InChI is InChI=1S/C31H35N3O5/c35-22-34(39-20-24-10-2-1-3-11-24)19-28(16-23-8-4-5-9-23)31(38)33-21-32-30(37)27-14-6-12-25(17-27)26-13-7-15-29(36)18-26/h1-3,6-7,10-15,17-18,22-23,28,36H,4-5,8-9,16,19-21H2,(H,32,37)(H,33,38)/t28-/m1/s1. The Labute approximate surface area is 228 Å². The molecule has 0 radical (unpaired) electrons. The third-order valence-electron chi connectivity index (χ3n) is 7.04. The third-order valence-corrected chi connectivity index (χ3v) is 7.04. The topological polar surface area (TPSA) is 108 Å². The largest absolute Gasteiger partial charge is 0.508 e. The van der Waals surface area contributed by atoms with Crippen LogP contribution in [-0.4, -0.2) is 41.6 Å². The predicted molar refractivity (Wildman–Crippen MR) is 148 cm³/mol. The van der Waals surface area contributed by atoms with Crippen LogP contribution in [0.25, 0.3) is 11.1 Å². The maximum absolute atomic E-state index is 13.2. The zero-order valence-electron chi connectivity index (χ0n) is 21.9. The number of carbonyl (C=O) groups is 3. The Bertz CT molecular complexity index is 1240. The Morgan fingerprint density at radius 1 is 0.949 bits per heavy atom. The molecule has 0 bridgehead atoms. The quantitative estimate of drug-likeness (QED) is 0.170. The van der Waals surface area contributed by atoms with Crippen LogP contribution in [0.5, 0.6) is 5.75 Å². The molecule has 8 heteroatoms. The van der Waals surface area contributed by atoms with Gasteiger partial charge in [0, 0.05) is 5.56 Å². The molecule has 0 saturated heterocycles. The fourth-order valence-electron chi connectivity index (χ4n) is 4.97. The van der Waals surface area contributed by atoms with Crippen molar-refractivity contribution in [3.63, 3.8) is 0 Å². The number of nitrogens with zero attached hydrogens (tertiary/aromatic N) is 1. The van der Waals surface area contributed by atoms with E-state index in [1.165, 1.54) is 5.06 Å². The Morgan fingerprint density at radius 2 is 1.67 bits per heavy atom. The molecular formula is C31H35N3O5. The van der Waals surface area contributed by atoms with Crippen molar-refractivity contribution in [2.75, 3.05) is 13.2 Å². The van der Waals surface area contributed by atoms with E-state index in [9.17, 15) is 19.5 Å². The van der Waals surface area contributed by atoms with Crippen LogP contribution in [0.4, 0.5) is 0 Å². The summed E-state index contributed by atoms with van der Waals surface area (Å²) in [4.78, 5) is 43.4. The van der Waals surface area contributed by atoms with E-state index < -0.39 is 5.92 Å². The van der Waals surface area contributed by atoms with E-state index in [2.05, 4.69) is 10.6 Å². The number of phenols is 1. The smallest absolute Gasteiger partial charge is 0.252 e. The lowest BCUT2D eigenvalue weighted by Gasteiger charge is -2.25. The van der Waals surface area contributed by atoms with Crippen LogP contribution in [0.2, 0.25) is 0 Å². The number of rotatable bonds is 13. The molecule has 3 aromatic rings. The molecule has 1 saturated carbocycles. The van der Waals surface area contributed by atoms with E-state index >= 15 is 0 Å². The van der Waals surface area contributed by atoms with Gasteiger partial charge < -0.3 is 15.7 Å². The van der Waals surface area contributed by atoms with Gasteiger partial charge in [0.15, 0.2) is 0 Å². The van der Waals surface area contributed by atoms with Gasteiger partial charge in [0.2, 0.25) is 12.3 Å². The molecule has 3 amide bonds. The highest BCUT2D eigenvalue weighted by Gasteiger charge is 2.27. The van der Waals surface area contributed by atoms with E-state index in [1.54, 1.807) is 36.4 Å². The van der Waals surface area contributed by atoms with Crippen LogP contribution in [0.1, 0.15) is 48.0 Å². The first-order chi connectivity index (χ1) is 19.0. The molecule has 8 nitrogen and oxygen atoms in total. The lowest BCUT2D eigenvalue weighted by atomic mass is 9.92. The molecule has 204 valence electrons. The van der Waals surface area contributed by atoms with Crippen molar-refractivity contribution in [3.05, 3.63) is 90.0 Å². The van der Waals surface area contributed by atoms with Gasteiger partial charge in [-0.1, -0.05) is 80.3 Å². The number of carbonyl (C=O) groups excluding carboxylic acids is 3. The number of aromatic hydroxyl groups is 1. The van der Waals surface area contributed by atoms with Crippen LogP contribution < -0.4 is 10.6 Å². The molecule has 4 rings (SSSR count). The SMILES string of the molecule is O=CN(C[C@@H](CC1CCCC1)C(=O)NCNC(=O)c1cccc(-c2cccc(O)c2)c1)OCc1ccccc1. The van der Waals surface area contributed by atoms with E-state index in [1.807, 2.05) is 42.5 Å². The third kappa shape index (κ3) is 8.41. The summed E-state index contributed by atoms with van der Waals surface area (Å²) in [5, 5.41) is 16.5. The van der Waals surface area contributed by atoms with Gasteiger partial charge in [-0.2, -0.15) is 0 Å². The second-order valence-electron chi connectivity index (χ2n) is 9.90. The number of benzene rings is 3. The normalized spacial score (nSPS) is 13.9. The van der Waals surface area contributed by atoms with Gasteiger partial charge >= 0.3 is 0 Å². The summed E-state index contributed by atoms with van der Waals surface area (Å²) in [6, 6.07) is 23.4. The molecule has 1 atom stereocenters. The van der Waals surface area contributed by atoms with Crippen molar-refractivity contribution in [1.29, 1.82) is 0 Å². The minimum Gasteiger partial charge on any atom is -0.508 e. The maximum Gasteiger partial charge on any atom is 0.252 e. The Balaban J connectivity index is 1.33.